The number of nitrogens with one attached hydrogen (secondary N) is 2. The van der Waals surface area contributed by atoms with Gasteiger partial charge in [0.05, 0.1) is 25.9 Å². The van der Waals surface area contributed by atoms with Gasteiger partial charge in [-0.1, -0.05) is 0 Å². The molecule has 0 spiro atoms. The highest BCUT2D eigenvalue weighted by molar-refractivity contribution is 5.81. The fourth-order valence-electron chi connectivity index (χ4n) is 4.95. The molecule has 0 aliphatic carbocycles. The molecule has 21 heteroatoms. The summed E-state index contributed by atoms with van der Waals surface area (Å²) in [6.45, 7) is -0.629. The monoisotopic (exact) mass is 668 g/mol. The molecular weight excluding hydrogens is 629 g/mol. The maximum Gasteiger partial charge on any atom is 0.471 e. The number of halogens is 3. The molecule has 0 radical (unpaired) electrons. The van der Waals surface area contributed by atoms with Gasteiger partial charge in [-0.2, -0.15) is 13.2 Å². The van der Waals surface area contributed by atoms with E-state index >= 15 is 0 Å². The van der Waals surface area contributed by atoms with Crippen molar-refractivity contribution in [3.05, 3.63) is 0 Å². The molecule has 0 aromatic heterocycles. The number of carbonyl (C=O) groups is 2. The van der Waals surface area contributed by atoms with Crippen molar-refractivity contribution in [2.24, 2.45) is 0 Å². The van der Waals surface area contributed by atoms with E-state index in [0.29, 0.717) is 0 Å². The molecule has 0 aromatic rings. The zero-order valence-electron chi connectivity index (χ0n) is 24.0. The summed E-state index contributed by atoms with van der Waals surface area (Å²) in [5, 5.41) is 86.4. The predicted molar refractivity (Wildman–Crippen MR) is 134 cm³/mol. The summed E-state index contributed by atoms with van der Waals surface area (Å²) in [6, 6.07) is -1.51. The zero-order chi connectivity index (χ0) is 33.8. The molecule has 262 valence electrons. The van der Waals surface area contributed by atoms with E-state index in [2.05, 4.69) is 5.32 Å². The van der Waals surface area contributed by atoms with Crippen molar-refractivity contribution in [1.82, 2.24) is 10.6 Å². The lowest BCUT2D eigenvalue weighted by atomic mass is 9.95. The second-order valence-corrected chi connectivity index (χ2v) is 10.7. The quantitative estimate of drug-likeness (QED) is 0.0919. The van der Waals surface area contributed by atoms with E-state index in [1.165, 1.54) is 6.92 Å². The van der Waals surface area contributed by atoms with E-state index in [-0.39, 0.29) is 0 Å². The van der Waals surface area contributed by atoms with Crippen molar-refractivity contribution < 1.29 is 92.0 Å². The van der Waals surface area contributed by atoms with Gasteiger partial charge in [-0.05, 0) is 6.92 Å². The van der Waals surface area contributed by atoms with Crippen LogP contribution >= 0.6 is 0 Å². The fraction of sp³-hybridized carbons (Fsp3) is 0.917. The smallest absolute Gasteiger partial charge is 0.394 e. The molecule has 3 fully saturated rings. The summed E-state index contributed by atoms with van der Waals surface area (Å²) >= 11 is 0. The highest BCUT2D eigenvalue weighted by Gasteiger charge is 2.54. The average molecular weight is 669 g/mol. The van der Waals surface area contributed by atoms with E-state index in [1.54, 1.807) is 5.32 Å². The van der Waals surface area contributed by atoms with Crippen LogP contribution in [0.4, 0.5) is 13.2 Å². The first-order valence-electron chi connectivity index (χ1n) is 13.8. The third kappa shape index (κ3) is 8.96. The van der Waals surface area contributed by atoms with Crippen molar-refractivity contribution in [3.63, 3.8) is 0 Å². The number of rotatable bonds is 11. The molecule has 3 heterocycles. The number of aliphatic hydroxyl groups is 8. The molecular formula is C24H39F3N2O16. The maximum absolute atomic E-state index is 12.5. The molecule has 0 saturated carbocycles. The molecule has 15 atom stereocenters. The van der Waals surface area contributed by atoms with Crippen LogP contribution in [0.5, 0.6) is 0 Å². The van der Waals surface area contributed by atoms with Crippen molar-refractivity contribution in [1.29, 1.82) is 0 Å². The summed E-state index contributed by atoms with van der Waals surface area (Å²) in [7, 11) is 0. The molecule has 0 bridgehead atoms. The van der Waals surface area contributed by atoms with Crippen LogP contribution in [0.1, 0.15) is 13.8 Å². The summed E-state index contributed by atoms with van der Waals surface area (Å²) < 4.78 is 70.8. The average Bonchev–Trinajstić information content (AvgIpc) is 2.97. The minimum absolute atomic E-state index is 0.615. The molecule has 0 unspecified atom stereocenters. The third-order valence-corrected chi connectivity index (χ3v) is 7.37. The summed E-state index contributed by atoms with van der Waals surface area (Å²) in [5.74, 6) is -2.99. The fourth-order valence-corrected chi connectivity index (χ4v) is 4.95. The molecule has 18 nitrogen and oxygen atoms in total. The first-order chi connectivity index (χ1) is 21.0. The lowest BCUT2D eigenvalue weighted by Gasteiger charge is -2.49. The topological polar surface area (TPSA) is 275 Å². The number of carbonyl (C=O) groups excluding carboxylic acids is 2. The van der Waals surface area contributed by atoms with Gasteiger partial charge < -0.3 is 79.9 Å². The van der Waals surface area contributed by atoms with E-state index in [4.69, 9.17) is 28.4 Å². The number of ether oxygens (including phenoxy) is 6. The molecule has 0 aromatic carbocycles. The third-order valence-electron chi connectivity index (χ3n) is 7.37. The molecule has 3 rings (SSSR count). The standard InChI is InChI=1S/C24H39F3N2O16/c1-7-12(33)15(36)17(38)21(41-7)45-19-16(37)13(34)9(5-30)43-22(19)44-18-11(29-8(2)32)20(42-10(6-31)14(18)35)40-4-3-28-23(39)24(25,26)27/h7,9-22,30-31,33-38H,3-6H2,1-2H3,(H,28,39)(H,29,32)/t7-,9+,10+,11+,12+,13-,14+,15+,16-,17-,18+,19+,20+,21-,22-/m0/s1. The Kier molecular flexibility index (Phi) is 13.2. The Morgan fingerprint density at radius 1 is 0.756 bits per heavy atom. The van der Waals surface area contributed by atoms with Gasteiger partial charge in [0.15, 0.2) is 18.9 Å². The Bertz CT molecular complexity index is 983. The van der Waals surface area contributed by atoms with Gasteiger partial charge in [0.25, 0.3) is 0 Å². The molecule has 3 saturated heterocycles. The summed E-state index contributed by atoms with van der Waals surface area (Å²) in [4.78, 5) is 23.2. The Morgan fingerprint density at radius 3 is 1.91 bits per heavy atom. The van der Waals surface area contributed by atoms with Gasteiger partial charge in [-0.25, -0.2) is 0 Å². The van der Waals surface area contributed by atoms with Crippen LogP contribution in [0.3, 0.4) is 0 Å². The van der Waals surface area contributed by atoms with Crippen LogP contribution in [0.2, 0.25) is 0 Å². The van der Waals surface area contributed by atoms with Gasteiger partial charge in [0.2, 0.25) is 5.91 Å². The molecule has 3 aliphatic rings. The van der Waals surface area contributed by atoms with Crippen LogP contribution in [-0.2, 0) is 38.0 Å². The molecule has 10 N–H and O–H groups in total. The Morgan fingerprint density at radius 2 is 1.33 bits per heavy atom. The highest BCUT2D eigenvalue weighted by Crippen LogP contribution is 2.33. The van der Waals surface area contributed by atoms with Gasteiger partial charge in [-0.3, -0.25) is 9.59 Å². The Labute approximate surface area is 253 Å². The first-order valence-corrected chi connectivity index (χ1v) is 13.8. The summed E-state index contributed by atoms with van der Waals surface area (Å²) in [6.07, 6.45) is -28.7. The number of aliphatic hydroxyl groups excluding tert-OH is 8. The lowest BCUT2D eigenvalue weighted by molar-refractivity contribution is -0.381. The zero-order valence-corrected chi connectivity index (χ0v) is 24.0. The van der Waals surface area contributed by atoms with Gasteiger partial charge >= 0.3 is 12.1 Å². The number of hydrogen-bond acceptors (Lipinski definition) is 16. The first kappa shape index (κ1) is 37.6. The van der Waals surface area contributed by atoms with Crippen molar-refractivity contribution >= 4 is 11.8 Å². The van der Waals surface area contributed by atoms with Crippen molar-refractivity contribution in [3.8, 4) is 0 Å². The Balaban J connectivity index is 1.87. The van der Waals surface area contributed by atoms with Crippen LogP contribution in [-0.4, -0.2) is 177 Å². The van der Waals surface area contributed by atoms with Crippen LogP contribution < -0.4 is 10.6 Å². The van der Waals surface area contributed by atoms with E-state index in [0.717, 1.165) is 6.92 Å². The number of hydrogen-bond donors (Lipinski definition) is 10. The normalized spacial score (nSPS) is 42.6. The SMILES string of the molecule is CC(=O)N[C@H]1[C@H](OCCNC(=O)C(F)(F)F)O[C@H](CO)[C@@H](O)[C@@H]1O[C@@H]1O[C@H](CO)[C@H](O)[C@H](O)[C@H]1O[C@@H]1O[C@@H](C)[C@@H](O)[C@@H](O)[C@@H]1O. The highest BCUT2D eigenvalue weighted by atomic mass is 19.4. The van der Waals surface area contributed by atoms with Crippen molar-refractivity contribution in [2.75, 3.05) is 26.4 Å². The van der Waals surface area contributed by atoms with E-state index in [9.17, 15) is 63.6 Å². The van der Waals surface area contributed by atoms with Gasteiger partial charge in [0, 0.05) is 13.5 Å². The van der Waals surface area contributed by atoms with E-state index < -0.39 is 136 Å². The van der Waals surface area contributed by atoms with Crippen LogP contribution in [0.15, 0.2) is 0 Å². The molecule has 45 heavy (non-hydrogen) atoms. The number of amides is 2. The minimum Gasteiger partial charge on any atom is -0.394 e. The van der Waals surface area contributed by atoms with E-state index in [1.807, 2.05) is 0 Å². The number of alkyl halides is 3. The lowest BCUT2D eigenvalue weighted by Crippen LogP contribution is -2.69. The second-order valence-electron chi connectivity index (χ2n) is 10.7. The molecule has 2 amide bonds. The largest absolute Gasteiger partial charge is 0.471 e. The predicted octanol–water partition coefficient (Wildman–Crippen LogP) is -5.70. The van der Waals surface area contributed by atoms with Crippen LogP contribution in [0, 0.1) is 0 Å². The van der Waals surface area contributed by atoms with Crippen molar-refractivity contribution in [2.45, 2.75) is 112 Å². The Hall–Kier alpha value is -1.83. The molecule has 3 aliphatic heterocycles. The second kappa shape index (κ2) is 15.8. The summed E-state index contributed by atoms with van der Waals surface area (Å²) in [5.41, 5.74) is 0. The minimum atomic E-state index is -5.16. The van der Waals surface area contributed by atoms with Gasteiger partial charge in [0.1, 0.15) is 67.1 Å². The maximum atomic E-state index is 12.5. The van der Waals surface area contributed by atoms with Crippen LogP contribution in [0.25, 0.3) is 0 Å². The van der Waals surface area contributed by atoms with Gasteiger partial charge in [-0.15, -0.1) is 0 Å².